The van der Waals surface area contributed by atoms with Crippen molar-refractivity contribution in [3.8, 4) is 11.5 Å². The lowest BCUT2D eigenvalue weighted by molar-refractivity contribution is 0.421. The van der Waals surface area contributed by atoms with Gasteiger partial charge in [0, 0.05) is 6.04 Å². The topological polar surface area (TPSA) is 52.5 Å². The molecule has 1 rings (SSSR count). The van der Waals surface area contributed by atoms with E-state index < -0.39 is 0 Å². The van der Waals surface area contributed by atoms with Crippen LogP contribution in [-0.2, 0) is 0 Å². The highest BCUT2D eigenvalue weighted by Crippen LogP contribution is 2.31. The summed E-state index contributed by atoms with van der Waals surface area (Å²) >= 11 is 0. The number of nitrogens with one attached hydrogen (secondary N) is 1. The molecule has 1 aromatic carbocycles. The lowest BCUT2D eigenvalue weighted by Gasteiger charge is -2.15. The zero-order chi connectivity index (χ0) is 9.84. The van der Waals surface area contributed by atoms with Crippen molar-refractivity contribution in [1.29, 1.82) is 0 Å². The third kappa shape index (κ3) is 2.12. The molecule has 0 aromatic heterocycles. The summed E-state index contributed by atoms with van der Waals surface area (Å²) in [5, 5.41) is 22.1. The molecular formula is C10H15NO2. The number of phenols is 2. The molecule has 0 bridgehead atoms. The Kier molecular flexibility index (Phi) is 3.14. The summed E-state index contributed by atoms with van der Waals surface area (Å²) in [5.74, 6) is 0.266. The van der Waals surface area contributed by atoms with Crippen LogP contribution in [0.4, 0.5) is 0 Å². The highest BCUT2D eigenvalue weighted by Gasteiger charge is 2.12. The molecule has 0 saturated carbocycles. The predicted molar refractivity (Wildman–Crippen MR) is 51.9 cm³/mol. The second-order valence-corrected chi connectivity index (χ2v) is 2.99. The Labute approximate surface area is 78.0 Å². The predicted octanol–water partition coefficient (Wildman–Crippen LogP) is 1.77. The van der Waals surface area contributed by atoms with Crippen molar-refractivity contribution in [3.63, 3.8) is 0 Å². The van der Waals surface area contributed by atoms with Gasteiger partial charge in [-0.1, -0.05) is 13.0 Å². The average molecular weight is 181 g/mol. The van der Waals surface area contributed by atoms with Gasteiger partial charge in [-0.15, -0.1) is 0 Å². The summed E-state index contributed by atoms with van der Waals surface area (Å²) in [6, 6.07) is 4.73. The summed E-state index contributed by atoms with van der Waals surface area (Å²) in [5.41, 5.74) is 0.560. The molecule has 0 aliphatic heterocycles. The molecule has 0 saturated heterocycles. The van der Waals surface area contributed by atoms with Gasteiger partial charge in [0.15, 0.2) is 0 Å². The first-order chi connectivity index (χ1) is 6.16. The third-order valence-electron chi connectivity index (χ3n) is 2.00. The number of aromatic hydroxyl groups is 2. The van der Waals surface area contributed by atoms with Gasteiger partial charge in [-0.05, 0) is 25.6 Å². The number of hydrogen-bond acceptors (Lipinski definition) is 3. The zero-order valence-electron chi connectivity index (χ0n) is 7.91. The van der Waals surface area contributed by atoms with E-state index >= 15 is 0 Å². The van der Waals surface area contributed by atoms with Gasteiger partial charge in [0.1, 0.15) is 11.5 Å². The summed E-state index contributed by atoms with van der Waals surface area (Å²) in [4.78, 5) is 0. The lowest BCUT2D eigenvalue weighted by Crippen LogP contribution is -2.17. The van der Waals surface area contributed by atoms with Gasteiger partial charge >= 0.3 is 0 Å². The minimum Gasteiger partial charge on any atom is -0.507 e. The largest absolute Gasteiger partial charge is 0.507 e. The van der Waals surface area contributed by atoms with Crippen LogP contribution in [0.2, 0.25) is 0 Å². The first-order valence-electron chi connectivity index (χ1n) is 4.41. The van der Waals surface area contributed by atoms with Crippen molar-refractivity contribution >= 4 is 0 Å². The van der Waals surface area contributed by atoms with Crippen LogP contribution in [0.5, 0.6) is 11.5 Å². The first-order valence-corrected chi connectivity index (χ1v) is 4.41. The number of hydrogen-bond donors (Lipinski definition) is 3. The van der Waals surface area contributed by atoms with Crippen LogP contribution in [-0.4, -0.2) is 16.8 Å². The van der Waals surface area contributed by atoms with Crippen LogP contribution in [0.25, 0.3) is 0 Å². The molecule has 0 aliphatic carbocycles. The first kappa shape index (κ1) is 9.86. The van der Waals surface area contributed by atoms with E-state index in [1.54, 1.807) is 18.2 Å². The van der Waals surface area contributed by atoms with Crippen LogP contribution < -0.4 is 5.32 Å². The molecule has 0 heterocycles. The van der Waals surface area contributed by atoms with E-state index in [1.165, 1.54) is 0 Å². The Bertz CT molecular complexity index is 266. The van der Waals surface area contributed by atoms with Crippen LogP contribution >= 0.6 is 0 Å². The Morgan fingerprint density at radius 1 is 1.31 bits per heavy atom. The van der Waals surface area contributed by atoms with Gasteiger partial charge in [0.2, 0.25) is 0 Å². The van der Waals surface area contributed by atoms with Crippen molar-refractivity contribution < 1.29 is 10.2 Å². The number of rotatable bonds is 3. The van der Waals surface area contributed by atoms with Crippen LogP contribution in [0, 0.1) is 0 Å². The maximum Gasteiger partial charge on any atom is 0.124 e. The summed E-state index contributed by atoms with van der Waals surface area (Å²) in [7, 11) is 0. The van der Waals surface area contributed by atoms with Gasteiger partial charge in [-0.2, -0.15) is 0 Å². The van der Waals surface area contributed by atoms with Crippen molar-refractivity contribution in [2.45, 2.75) is 19.9 Å². The van der Waals surface area contributed by atoms with E-state index in [4.69, 9.17) is 0 Å². The third-order valence-corrected chi connectivity index (χ3v) is 2.00. The van der Waals surface area contributed by atoms with Gasteiger partial charge in [0.25, 0.3) is 0 Å². The molecule has 3 N–H and O–H groups in total. The van der Waals surface area contributed by atoms with Crippen LogP contribution in [0.15, 0.2) is 18.2 Å². The van der Waals surface area contributed by atoms with E-state index in [0.29, 0.717) is 5.56 Å². The fourth-order valence-corrected chi connectivity index (χ4v) is 1.39. The van der Waals surface area contributed by atoms with Gasteiger partial charge in [0.05, 0.1) is 5.56 Å². The molecule has 0 fully saturated rings. The van der Waals surface area contributed by atoms with Crippen molar-refractivity contribution in [2.24, 2.45) is 0 Å². The maximum absolute atomic E-state index is 9.49. The zero-order valence-corrected chi connectivity index (χ0v) is 7.91. The van der Waals surface area contributed by atoms with E-state index in [9.17, 15) is 10.2 Å². The fourth-order valence-electron chi connectivity index (χ4n) is 1.39. The molecule has 3 heteroatoms. The quantitative estimate of drug-likeness (QED) is 0.666. The molecular weight excluding hydrogens is 166 g/mol. The van der Waals surface area contributed by atoms with Crippen LogP contribution in [0.3, 0.4) is 0 Å². The van der Waals surface area contributed by atoms with Gasteiger partial charge in [-0.3, -0.25) is 0 Å². The minimum atomic E-state index is -0.0359. The second-order valence-electron chi connectivity index (χ2n) is 2.99. The smallest absolute Gasteiger partial charge is 0.124 e. The highest BCUT2D eigenvalue weighted by atomic mass is 16.3. The van der Waals surface area contributed by atoms with Gasteiger partial charge < -0.3 is 15.5 Å². The summed E-state index contributed by atoms with van der Waals surface area (Å²) < 4.78 is 0. The molecule has 3 nitrogen and oxygen atoms in total. The van der Waals surface area contributed by atoms with E-state index in [1.807, 2.05) is 13.8 Å². The SMILES string of the molecule is CCNC(C)c1c(O)cccc1O. The average Bonchev–Trinajstić information content (AvgIpc) is 2.04. The molecule has 0 radical (unpaired) electrons. The Morgan fingerprint density at radius 2 is 1.85 bits per heavy atom. The highest BCUT2D eigenvalue weighted by molar-refractivity contribution is 5.44. The van der Waals surface area contributed by atoms with Crippen molar-refractivity contribution in [2.75, 3.05) is 6.54 Å². The van der Waals surface area contributed by atoms with Crippen LogP contribution in [0.1, 0.15) is 25.5 Å². The lowest BCUT2D eigenvalue weighted by atomic mass is 10.1. The normalized spacial score (nSPS) is 12.8. The Morgan fingerprint density at radius 3 is 2.31 bits per heavy atom. The Balaban J connectivity index is 2.98. The number of benzene rings is 1. The summed E-state index contributed by atoms with van der Waals surface area (Å²) in [6.45, 7) is 4.68. The van der Waals surface area contributed by atoms with Crippen molar-refractivity contribution in [3.05, 3.63) is 23.8 Å². The fraction of sp³-hybridized carbons (Fsp3) is 0.400. The molecule has 1 aromatic rings. The molecule has 1 unspecified atom stereocenters. The Hall–Kier alpha value is -1.22. The molecule has 13 heavy (non-hydrogen) atoms. The second kappa shape index (κ2) is 4.14. The van der Waals surface area contributed by atoms with Crippen molar-refractivity contribution in [1.82, 2.24) is 5.32 Å². The molecule has 0 spiro atoms. The maximum atomic E-state index is 9.49. The van der Waals surface area contributed by atoms with Gasteiger partial charge in [-0.25, -0.2) is 0 Å². The number of phenolic OH excluding ortho intramolecular Hbond substituents is 2. The molecule has 1 atom stereocenters. The van der Waals surface area contributed by atoms with E-state index in [-0.39, 0.29) is 17.5 Å². The molecule has 0 aliphatic rings. The standard InChI is InChI=1S/C10H15NO2/c1-3-11-7(2)10-8(12)5-4-6-9(10)13/h4-7,11-13H,3H2,1-2H3. The minimum absolute atomic E-state index is 0.0359. The van der Waals surface area contributed by atoms with E-state index in [2.05, 4.69) is 5.32 Å². The molecule has 0 amide bonds. The monoisotopic (exact) mass is 181 g/mol. The summed E-state index contributed by atoms with van der Waals surface area (Å²) in [6.07, 6.45) is 0. The van der Waals surface area contributed by atoms with E-state index in [0.717, 1.165) is 6.54 Å². The molecule has 72 valence electrons.